The maximum Gasteiger partial charge on any atom is 0.261 e. The summed E-state index contributed by atoms with van der Waals surface area (Å²) in [7, 11) is -2.09. The van der Waals surface area contributed by atoms with Crippen molar-refractivity contribution in [2.45, 2.75) is 18.2 Å². The number of ether oxygens (including phenoxy) is 1. The van der Waals surface area contributed by atoms with Gasteiger partial charge < -0.3 is 10.1 Å². The van der Waals surface area contributed by atoms with Crippen LogP contribution in [0.1, 0.15) is 22.3 Å². The summed E-state index contributed by atoms with van der Waals surface area (Å²) in [5.41, 5.74) is 1.95. The van der Waals surface area contributed by atoms with E-state index in [1.54, 1.807) is 19.2 Å². The largest absolute Gasteiger partial charge is 0.385 e. The van der Waals surface area contributed by atoms with Crippen LogP contribution in [0, 0.1) is 6.92 Å². The summed E-state index contributed by atoms with van der Waals surface area (Å²) in [5.74, 6) is -0.244. The molecule has 0 fully saturated rings. The van der Waals surface area contributed by atoms with E-state index < -0.39 is 10.0 Å². The zero-order valence-electron chi connectivity index (χ0n) is 14.3. The fourth-order valence-corrected chi connectivity index (χ4v) is 3.20. The van der Waals surface area contributed by atoms with Gasteiger partial charge in [-0.2, -0.15) is 0 Å². The van der Waals surface area contributed by atoms with Gasteiger partial charge in [-0.05, 0) is 49.7 Å². The van der Waals surface area contributed by atoms with Crippen LogP contribution in [0.5, 0.6) is 0 Å². The maximum atomic E-state index is 12.4. The van der Waals surface area contributed by atoms with Gasteiger partial charge in [-0.1, -0.05) is 17.7 Å². The highest BCUT2D eigenvalue weighted by molar-refractivity contribution is 7.92. The first-order chi connectivity index (χ1) is 11.9. The molecule has 2 N–H and O–H groups in total. The number of anilines is 1. The van der Waals surface area contributed by atoms with Crippen molar-refractivity contribution in [2.24, 2.45) is 0 Å². The van der Waals surface area contributed by atoms with Crippen LogP contribution >= 0.6 is 0 Å². The lowest BCUT2D eigenvalue weighted by molar-refractivity contribution is 0.0948. The predicted molar refractivity (Wildman–Crippen MR) is 97.3 cm³/mol. The van der Waals surface area contributed by atoms with Crippen LogP contribution in [-0.2, 0) is 14.8 Å². The van der Waals surface area contributed by atoms with Crippen molar-refractivity contribution in [1.29, 1.82) is 0 Å². The zero-order valence-corrected chi connectivity index (χ0v) is 15.1. The van der Waals surface area contributed by atoms with Crippen LogP contribution in [0.4, 0.5) is 5.69 Å². The van der Waals surface area contributed by atoms with E-state index in [0.29, 0.717) is 24.4 Å². The second-order valence-corrected chi connectivity index (χ2v) is 7.28. The van der Waals surface area contributed by atoms with Gasteiger partial charge in [0.25, 0.3) is 15.9 Å². The molecule has 0 unspecified atom stereocenters. The molecule has 0 aliphatic carbocycles. The fraction of sp³-hybridized carbons (Fsp3) is 0.278. The number of rotatable bonds is 8. The Balaban J connectivity index is 2.02. The molecule has 0 aromatic heterocycles. The maximum absolute atomic E-state index is 12.4. The molecule has 0 radical (unpaired) electrons. The molecule has 0 spiro atoms. The van der Waals surface area contributed by atoms with E-state index in [9.17, 15) is 13.2 Å². The molecule has 0 saturated carbocycles. The van der Waals surface area contributed by atoms with Gasteiger partial charge in [0.05, 0.1) is 4.90 Å². The van der Waals surface area contributed by atoms with Crippen molar-refractivity contribution >= 4 is 21.6 Å². The standard InChI is InChI=1S/C18H22N2O4S/c1-14-4-8-16(9-5-14)20-25(22,23)17-10-6-15(7-11-17)18(21)19-12-3-13-24-2/h4-11,20H,3,12-13H2,1-2H3,(H,19,21). The minimum absolute atomic E-state index is 0.101. The molecule has 1 amide bonds. The SMILES string of the molecule is COCCCNC(=O)c1ccc(S(=O)(=O)Nc2ccc(C)cc2)cc1. The molecule has 7 heteroatoms. The Hall–Kier alpha value is -2.38. The Morgan fingerprint density at radius 2 is 1.68 bits per heavy atom. The van der Waals surface area contributed by atoms with Crippen molar-refractivity contribution < 1.29 is 17.9 Å². The first-order valence-electron chi connectivity index (χ1n) is 7.89. The molecule has 0 aliphatic heterocycles. The predicted octanol–water partition coefficient (Wildman–Crippen LogP) is 2.56. The zero-order chi connectivity index (χ0) is 18.3. The molecule has 6 nitrogen and oxygen atoms in total. The molecule has 0 saturated heterocycles. The van der Waals surface area contributed by atoms with Gasteiger partial charge in [0, 0.05) is 31.5 Å². The summed E-state index contributed by atoms with van der Waals surface area (Å²) < 4.78 is 32.2. The molecule has 2 aromatic rings. The highest BCUT2D eigenvalue weighted by Crippen LogP contribution is 2.17. The van der Waals surface area contributed by atoms with Crippen LogP contribution in [0.15, 0.2) is 53.4 Å². The Kier molecular flexibility index (Phi) is 6.55. The number of carbonyl (C=O) groups is 1. The summed E-state index contributed by atoms with van der Waals surface area (Å²) in [4.78, 5) is 12.1. The van der Waals surface area contributed by atoms with Crippen LogP contribution < -0.4 is 10.0 Å². The number of hydrogen-bond donors (Lipinski definition) is 2. The number of aryl methyl sites for hydroxylation is 1. The van der Waals surface area contributed by atoms with Gasteiger partial charge in [-0.25, -0.2) is 8.42 Å². The summed E-state index contributed by atoms with van der Waals surface area (Å²) in [5, 5.41) is 2.75. The highest BCUT2D eigenvalue weighted by Gasteiger charge is 2.15. The molecular formula is C18H22N2O4S. The third kappa shape index (κ3) is 5.58. The molecule has 2 rings (SSSR count). The van der Waals surface area contributed by atoms with Gasteiger partial charge >= 0.3 is 0 Å². The molecule has 0 aliphatic rings. The molecular weight excluding hydrogens is 340 g/mol. The van der Waals surface area contributed by atoms with Crippen LogP contribution in [0.2, 0.25) is 0 Å². The number of sulfonamides is 1. The topological polar surface area (TPSA) is 84.5 Å². The summed E-state index contributed by atoms with van der Waals surface area (Å²) in [6, 6.07) is 12.9. The number of nitrogens with one attached hydrogen (secondary N) is 2. The number of benzene rings is 2. The van der Waals surface area contributed by atoms with Crippen molar-refractivity contribution in [2.75, 3.05) is 25.0 Å². The lowest BCUT2D eigenvalue weighted by Crippen LogP contribution is -2.25. The van der Waals surface area contributed by atoms with E-state index >= 15 is 0 Å². The molecule has 0 atom stereocenters. The van der Waals surface area contributed by atoms with Crippen molar-refractivity contribution in [3.05, 3.63) is 59.7 Å². The molecule has 0 bridgehead atoms. The summed E-state index contributed by atoms with van der Waals surface area (Å²) in [6.45, 7) is 3.00. The first kappa shape index (κ1) is 19.0. The minimum atomic E-state index is -3.69. The van der Waals surface area contributed by atoms with Crippen LogP contribution in [-0.4, -0.2) is 34.6 Å². The van der Waals surface area contributed by atoms with E-state index in [-0.39, 0.29) is 10.8 Å². The Bertz CT molecular complexity index is 800. The molecule has 2 aromatic carbocycles. The van der Waals surface area contributed by atoms with Crippen LogP contribution in [0.3, 0.4) is 0 Å². The second-order valence-electron chi connectivity index (χ2n) is 5.60. The lowest BCUT2D eigenvalue weighted by Gasteiger charge is -2.09. The monoisotopic (exact) mass is 362 g/mol. The normalized spacial score (nSPS) is 11.1. The smallest absolute Gasteiger partial charge is 0.261 e. The number of hydrogen-bond acceptors (Lipinski definition) is 4. The summed E-state index contributed by atoms with van der Waals surface area (Å²) >= 11 is 0. The van der Waals surface area contributed by atoms with Gasteiger partial charge in [-0.3, -0.25) is 9.52 Å². The Morgan fingerprint density at radius 3 is 2.28 bits per heavy atom. The molecule has 0 heterocycles. The van der Waals surface area contributed by atoms with E-state index in [1.807, 2.05) is 19.1 Å². The van der Waals surface area contributed by atoms with E-state index in [2.05, 4.69) is 10.0 Å². The van der Waals surface area contributed by atoms with Crippen LogP contribution in [0.25, 0.3) is 0 Å². The Morgan fingerprint density at radius 1 is 1.04 bits per heavy atom. The van der Waals surface area contributed by atoms with E-state index in [0.717, 1.165) is 12.0 Å². The van der Waals surface area contributed by atoms with E-state index in [4.69, 9.17) is 4.74 Å². The van der Waals surface area contributed by atoms with Crippen molar-refractivity contribution in [1.82, 2.24) is 5.32 Å². The molecule has 25 heavy (non-hydrogen) atoms. The first-order valence-corrected chi connectivity index (χ1v) is 9.37. The average Bonchev–Trinajstić information content (AvgIpc) is 2.60. The van der Waals surface area contributed by atoms with Crippen molar-refractivity contribution in [3.8, 4) is 0 Å². The Labute approximate surface area is 148 Å². The third-order valence-corrected chi connectivity index (χ3v) is 4.94. The summed E-state index contributed by atoms with van der Waals surface area (Å²) in [6.07, 6.45) is 0.717. The second kappa shape index (κ2) is 8.64. The average molecular weight is 362 g/mol. The third-order valence-electron chi connectivity index (χ3n) is 3.54. The van der Waals surface area contributed by atoms with Crippen molar-refractivity contribution in [3.63, 3.8) is 0 Å². The van der Waals surface area contributed by atoms with E-state index in [1.165, 1.54) is 24.3 Å². The molecule has 134 valence electrons. The number of carbonyl (C=O) groups excluding carboxylic acids is 1. The lowest BCUT2D eigenvalue weighted by atomic mass is 10.2. The van der Waals surface area contributed by atoms with Gasteiger partial charge in [-0.15, -0.1) is 0 Å². The quantitative estimate of drug-likeness (QED) is 0.707. The minimum Gasteiger partial charge on any atom is -0.385 e. The highest BCUT2D eigenvalue weighted by atomic mass is 32.2. The number of amides is 1. The van der Waals surface area contributed by atoms with Gasteiger partial charge in [0.1, 0.15) is 0 Å². The number of methoxy groups -OCH3 is 1. The van der Waals surface area contributed by atoms with Gasteiger partial charge in [0.2, 0.25) is 0 Å². The van der Waals surface area contributed by atoms with Gasteiger partial charge in [0.15, 0.2) is 0 Å². The fourth-order valence-electron chi connectivity index (χ4n) is 2.14.